The van der Waals surface area contributed by atoms with Crippen molar-refractivity contribution in [3.8, 4) is 6.07 Å². The van der Waals surface area contributed by atoms with Gasteiger partial charge in [-0.2, -0.15) is 5.26 Å². The highest BCUT2D eigenvalue weighted by atomic mass is 16.4. The molecule has 0 saturated carbocycles. The van der Waals surface area contributed by atoms with E-state index in [0.29, 0.717) is 0 Å². The minimum atomic E-state index is -1.23. The van der Waals surface area contributed by atoms with Crippen LogP contribution in [0, 0.1) is 11.3 Å². The summed E-state index contributed by atoms with van der Waals surface area (Å²) in [4.78, 5) is 17.9. The van der Waals surface area contributed by atoms with Crippen molar-refractivity contribution in [3.05, 3.63) is 96.1 Å². The molecule has 0 aliphatic carbocycles. The summed E-state index contributed by atoms with van der Waals surface area (Å²) in [6.07, 6.45) is 4.67. The van der Waals surface area contributed by atoms with E-state index in [1.165, 1.54) is 17.5 Å². The number of hydrogen-bond acceptors (Lipinski definition) is 5. The zero-order valence-electron chi connectivity index (χ0n) is 22.6. The third-order valence-electron chi connectivity index (χ3n) is 6.53. The first-order valence-corrected chi connectivity index (χ1v) is 13.1. The van der Waals surface area contributed by atoms with Crippen LogP contribution in [0.15, 0.2) is 90.5 Å². The first kappa shape index (κ1) is 28.1. The van der Waals surface area contributed by atoms with E-state index >= 15 is 0 Å². The van der Waals surface area contributed by atoms with Gasteiger partial charge in [-0.15, -0.1) is 0 Å². The number of nitrogens with zero attached hydrogens (tertiary/aromatic N) is 4. The molecule has 1 N–H and O–H groups in total. The molecule has 0 aliphatic heterocycles. The fourth-order valence-corrected chi connectivity index (χ4v) is 4.40. The van der Waals surface area contributed by atoms with Gasteiger partial charge in [0, 0.05) is 54.6 Å². The van der Waals surface area contributed by atoms with Gasteiger partial charge in [-0.3, -0.25) is 0 Å². The molecule has 0 spiro atoms. The second kappa shape index (κ2) is 13.7. The van der Waals surface area contributed by atoms with Crippen LogP contribution < -0.4 is 14.7 Å². The second-order valence-electron chi connectivity index (χ2n) is 8.66. The molecule has 0 bridgehead atoms. The summed E-state index contributed by atoms with van der Waals surface area (Å²) in [6, 6.07) is 27.0. The number of aliphatic carboxylic acids is 1. The summed E-state index contributed by atoms with van der Waals surface area (Å²) >= 11 is 0. The van der Waals surface area contributed by atoms with Crippen LogP contribution in [0.3, 0.4) is 0 Å². The van der Waals surface area contributed by atoms with E-state index in [2.05, 4.69) is 90.9 Å². The Morgan fingerprint density at radius 1 is 0.711 bits per heavy atom. The van der Waals surface area contributed by atoms with Crippen molar-refractivity contribution in [1.82, 2.24) is 0 Å². The number of benzene rings is 3. The quantitative estimate of drug-likeness (QED) is 0.156. The highest BCUT2D eigenvalue weighted by molar-refractivity contribution is 5.91. The van der Waals surface area contributed by atoms with E-state index in [1.807, 2.05) is 24.3 Å². The Kier molecular flexibility index (Phi) is 10.1. The predicted octanol–water partition coefficient (Wildman–Crippen LogP) is 7.40. The Bertz CT molecular complexity index is 1220. The third-order valence-corrected chi connectivity index (χ3v) is 6.53. The maximum absolute atomic E-state index is 11.0. The van der Waals surface area contributed by atoms with E-state index < -0.39 is 5.97 Å². The maximum Gasteiger partial charge on any atom is 0.346 e. The Morgan fingerprint density at radius 2 is 1.08 bits per heavy atom. The summed E-state index contributed by atoms with van der Waals surface area (Å²) in [5.41, 5.74) is 6.12. The van der Waals surface area contributed by atoms with Crippen molar-refractivity contribution in [2.24, 2.45) is 0 Å². The molecular weight excluding hydrogens is 472 g/mol. The molecule has 6 heteroatoms. The van der Waals surface area contributed by atoms with Crippen LogP contribution in [0.5, 0.6) is 0 Å². The highest BCUT2D eigenvalue weighted by Gasteiger charge is 2.14. The van der Waals surface area contributed by atoms with Gasteiger partial charge in [-0.05, 0) is 100.0 Å². The standard InChI is InChI=1S/C32H36N4O2/c1-5-34(6-2)27-16-20-30(21-17-27)36(31-22-18-28(19-23-31)35(7-3)8-4)29-14-12-25(13-15-29)10-9-11-26(24-33)32(37)38/h9-23H,5-8H2,1-4H3,(H,37,38)/b10-9+,26-11+. The molecule has 0 fully saturated rings. The summed E-state index contributed by atoms with van der Waals surface area (Å²) < 4.78 is 0. The predicted molar refractivity (Wildman–Crippen MR) is 159 cm³/mol. The third kappa shape index (κ3) is 6.83. The largest absolute Gasteiger partial charge is 0.477 e. The van der Waals surface area contributed by atoms with Gasteiger partial charge in [0.2, 0.25) is 0 Å². The molecule has 0 heterocycles. The summed E-state index contributed by atoms with van der Waals surface area (Å²) in [5.74, 6) is -1.23. The van der Waals surface area contributed by atoms with Crippen molar-refractivity contribution in [3.63, 3.8) is 0 Å². The van der Waals surface area contributed by atoms with Crippen LogP contribution in [-0.2, 0) is 4.79 Å². The van der Waals surface area contributed by atoms with Gasteiger partial charge in [0.15, 0.2) is 0 Å². The van der Waals surface area contributed by atoms with Crippen LogP contribution in [-0.4, -0.2) is 37.3 Å². The van der Waals surface area contributed by atoms with Crippen molar-refractivity contribution in [2.45, 2.75) is 27.7 Å². The average Bonchev–Trinajstić information content (AvgIpc) is 2.95. The van der Waals surface area contributed by atoms with Crippen LogP contribution in [0.1, 0.15) is 33.3 Å². The van der Waals surface area contributed by atoms with Crippen LogP contribution in [0.2, 0.25) is 0 Å². The summed E-state index contributed by atoms with van der Waals surface area (Å²) in [5, 5.41) is 17.9. The van der Waals surface area contributed by atoms with Gasteiger partial charge in [0.25, 0.3) is 0 Å². The Morgan fingerprint density at radius 3 is 1.42 bits per heavy atom. The van der Waals surface area contributed by atoms with Crippen LogP contribution in [0.25, 0.3) is 6.08 Å². The lowest BCUT2D eigenvalue weighted by Crippen LogP contribution is -2.22. The molecule has 3 aromatic rings. The smallest absolute Gasteiger partial charge is 0.346 e. The van der Waals surface area contributed by atoms with Gasteiger partial charge in [-0.25, -0.2) is 4.79 Å². The Balaban J connectivity index is 1.98. The van der Waals surface area contributed by atoms with Gasteiger partial charge >= 0.3 is 5.97 Å². The van der Waals surface area contributed by atoms with E-state index in [0.717, 1.165) is 48.8 Å². The molecule has 3 rings (SSSR count). The number of rotatable bonds is 12. The van der Waals surface area contributed by atoms with E-state index in [4.69, 9.17) is 10.4 Å². The number of nitriles is 1. The van der Waals surface area contributed by atoms with Gasteiger partial charge in [-0.1, -0.05) is 24.3 Å². The van der Waals surface area contributed by atoms with Crippen LogP contribution in [0.4, 0.5) is 28.4 Å². The second-order valence-corrected chi connectivity index (χ2v) is 8.66. The van der Waals surface area contributed by atoms with Crippen molar-refractivity contribution in [2.75, 3.05) is 40.9 Å². The molecule has 0 saturated heterocycles. The molecule has 0 aromatic heterocycles. The number of hydrogen-bond donors (Lipinski definition) is 1. The van der Waals surface area contributed by atoms with E-state index in [9.17, 15) is 4.79 Å². The number of carboxylic acid groups (broad SMARTS) is 1. The molecule has 0 aliphatic rings. The van der Waals surface area contributed by atoms with Crippen molar-refractivity contribution >= 4 is 40.5 Å². The zero-order valence-corrected chi connectivity index (χ0v) is 22.6. The summed E-state index contributed by atoms with van der Waals surface area (Å²) in [7, 11) is 0. The monoisotopic (exact) mass is 508 g/mol. The first-order chi connectivity index (χ1) is 18.4. The lowest BCUT2D eigenvalue weighted by atomic mass is 10.1. The molecule has 6 nitrogen and oxygen atoms in total. The van der Waals surface area contributed by atoms with E-state index in [-0.39, 0.29) is 5.57 Å². The number of allylic oxidation sites excluding steroid dienone is 2. The molecule has 0 amide bonds. The van der Waals surface area contributed by atoms with Crippen molar-refractivity contribution in [1.29, 1.82) is 5.26 Å². The van der Waals surface area contributed by atoms with Crippen molar-refractivity contribution < 1.29 is 9.90 Å². The first-order valence-electron chi connectivity index (χ1n) is 13.1. The van der Waals surface area contributed by atoms with Crippen LogP contribution >= 0.6 is 0 Å². The minimum Gasteiger partial charge on any atom is -0.477 e. The molecule has 0 atom stereocenters. The fourth-order valence-electron chi connectivity index (χ4n) is 4.40. The molecule has 3 aromatic carbocycles. The molecule has 196 valence electrons. The molecule has 38 heavy (non-hydrogen) atoms. The van der Waals surface area contributed by atoms with Gasteiger partial charge < -0.3 is 19.8 Å². The molecule has 0 radical (unpaired) electrons. The lowest BCUT2D eigenvalue weighted by Gasteiger charge is -2.28. The SMILES string of the molecule is CCN(CC)c1ccc(N(c2ccc(/C=C/C=C(\C#N)C(=O)O)cc2)c2ccc(N(CC)CC)cc2)cc1. The minimum absolute atomic E-state index is 0.301. The topological polar surface area (TPSA) is 70.8 Å². The lowest BCUT2D eigenvalue weighted by molar-refractivity contribution is -0.132. The van der Waals surface area contributed by atoms with E-state index in [1.54, 1.807) is 18.2 Å². The fraction of sp³-hybridized carbons (Fsp3) is 0.250. The maximum atomic E-state index is 11.0. The summed E-state index contributed by atoms with van der Waals surface area (Å²) in [6.45, 7) is 12.5. The molecular formula is C32H36N4O2. The normalized spacial score (nSPS) is 11.3. The highest BCUT2D eigenvalue weighted by Crippen LogP contribution is 2.36. The zero-order chi connectivity index (χ0) is 27.5. The number of carbonyl (C=O) groups is 1. The Hall–Kier alpha value is -4.50. The molecule has 0 unspecified atom stereocenters. The van der Waals surface area contributed by atoms with Gasteiger partial charge in [0.05, 0.1) is 0 Å². The van der Waals surface area contributed by atoms with Gasteiger partial charge in [0.1, 0.15) is 11.6 Å². The number of anilines is 5. The number of carboxylic acids is 1. The Labute approximate surface area is 226 Å². The average molecular weight is 509 g/mol.